The van der Waals surface area contributed by atoms with Crippen molar-refractivity contribution in [1.82, 2.24) is 15.1 Å². The van der Waals surface area contributed by atoms with E-state index in [1.807, 2.05) is 0 Å². The maximum atomic E-state index is 3.80. The Kier molecular flexibility index (Phi) is 6.11. The molecule has 19 heavy (non-hydrogen) atoms. The maximum Gasteiger partial charge on any atom is 0.0250 e. The molecule has 0 aromatic carbocycles. The zero-order chi connectivity index (χ0) is 13.7. The first-order chi connectivity index (χ1) is 9.22. The van der Waals surface area contributed by atoms with Crippen LogP contribution in [0.25, 0.3) is 0 Å². The fourth-order valence-electron chi connectivity index (χ4n) is 3.70. The Balaban J connectivity index is 1.85. The van der Waals surface area contributed by atoms with E-state index in [0.717, 1.165) is 12.1 Å². The monoisotopic (exact) mass is 267 g/mol. The zero-order valence-corrected chi connectivity index (χ0v) is 13.2. The molecule has 1 N–H and O–H groups in total. The summed E-state index contributed by atoms with van der Waals surface area (Å²) in [6.45, 7) is 13.2. The lowest BCUT2D eigenvalue weighted by molar-refractivity contribution is 0.0496. The van der Waals surface area contributed by atoms with Crippen LogP contribution < -0.4 is 5.32 Å². The van der Waals surface area contributed by atoms with Crippen molar-refractivity contribution in [3.05, 3.63) is 0 Å². The summed E-state index contributed by atoms with van der Waals surface area (Å²) in [5, 5.41) is 3.80. The van der Waals surface area contributed by atoms with Gasteiger partial charge in [-0.2, -0.15) is 0 Å². The highest BCUT2D eigenvalue weighted by molar-refractivity contribution is 4.90. The van der Waals surface area contributed by atoms with Crippen LogP contribution in [-0.4, -0.2) is 60.6 Å². The van der Waals surface area contributed by atoms with Gasteiger partial charge in [-0.05, 0) is 39.7 Å². The number of hydrogen-bond donors (Lipinski definition) is 1. The van der Waals surface area contributed by atoms with Crippen LogP contribution in [0.3, 0.4) is 0 Å². The Morgan fingerprint density at radius 2 is 1.74 bits per heavy atom. The predicted octanol–water partition coefficient (Wildman–Crippen LogP) is 2.32. The average molecular weight is 267 g/mol. The molecule has 2 unspecified atom stereocenters. The van der Waals surface area contributed by atoms with Gasteiger partial charge in [-0.1, -0.05) is 19.8 Å². The number of piperazine rings is 1. The summed E-state index contributed by atoms with van der Waals surface area (Å²) >= 11 is 0. The molecule has 2 fully saturated rings. The van der Waals surface area contributed by atoms with Crippen molar-refractivity contribution in [2.75, 3.05) is 32.7 Å². The molecule has 1 aliphatic carbocycles. The topological polar surface area (TPSA) is 18.5 Å². The minimum atomic E-state index is 0.711. The summed E-state index contributed by atoms with van der Waals surface area (Å²) in [6, 6.07) is 2.26. The molecular formula is C16H33N3. The van der Waals surface area contributed by atoms with Crippen LogP contribution in [0.5, 0.6) is 0 Å². The first-order valence-corrected chi connectivity index (χ1v) is 8.44. The summed E-state index contributed by atoms with van der Waals surface area (Å²) in [4.78, 5) is 5.39. The van der Waals surface area contributed by atoms with E-state index in [2.05, 4.69) is 35.9 Å². The highest BCUT2D eigenvalue weighted by Gasteiger charge is 2.31. The Morgan fingerprint density at radius 3 is 2.37 bits per heavy atom. The molecule has 3 heteroatoms. The van der Waals surface area contributed by atoms with E-state index in [1.54, 1.807) is 0 Å². The smallest absolute Gasteiger partial charge is 0.0250 e. The van der Waals surface area contributed by atoms with Gasteiger partial charge in [0.05, 0.1) is 0 Å². The molecule has 0 radical (unpaired) electrons. The molecule has 2 atom stereocenters. The van der Waals surface area contributed by atoms with Gasteiger partial charge in [0.2, 0.25) is 0 Å². The second-order valence-electron chi connectivity index (χ2n) is 6.58. The van der Waals surface area contributed by atoms with Crippen LogP contribution in [0.2, 0.25) is 0 Å². The van der Waals surface area contributed by atoms with Crippen LogP contribution in [0.4, 0.5) is 0 Å². The van der Waals surface area contributed by atoms with Gasteiger partial charge < -0.3 is 5.32 Å². The fraction of sp³-hybridized carbons (Fsp3) is 1.00. The lowest BCUT2D eigenvalue weighted by Crippen LogP contribution is -2.58. The molecule has 0 aromatic heterocycles. The lowest BCUT2D eigenvalue weighted by Gasteiger charge is -2.45. The largest absolute Gasteiger partial charge is 0.312 e. The second-order valence-corrected chi connectivity index (χ2v) is 6.58. The third-order valence-electron chi connectivity index (χ3n) is 4.93. The van der Waals surface area contributed by atoms with Crippen molar-refractivity contribution in [3.8, 4) is 0 Å². The minimum absolute atomic E-state index is 0.711. The molecule has 0 amide bonds. The molecule has 0 bridgehead atoms. The van der Waals surface area contributed by atoms with Crippen molar-refractivity contribution < 1.29 is 0 Å². The second kappa shape index (κ2) is 7.61. The molecule has 1 heterocycles. The van der Waals surface area contributed by atoms with E-state index in [0.29, 0.717) is 6.04 Å². The van der Waals surface area contributed by atoms with Gasteiger partial charge in [-0.25, -0.2) is 0 Å². The fourth-order valence-corrected chi connectivity index (χ4v) is 3.70. The molecule has 1 saturated carbocycles. The third-order valence-corrected chi connectivity index (χ3v) is 4.93. The van der Waals surface area contributed by atoms with E-state index < -0.39 is 0 Å². The number of nitrogens with zero attached hydrogens (tertiary/aromatic N) is 2. The van der Waals surface area contributed by atoms with Crippen molar-refractivity contribution >= 4 is 0 Å². The Morgan fingerprint density at radius 1 is 1.05 bits per heavy atom. The standard InChI is InChI=1S/C16H33N3/c1-4-9-17-15-7-5-6-8-16(15)19-12-10-18(11-13-19)14(2)3/h14-17H,4-13H2,1-3H3. The Bertz CT molecular complexity index is 246. The molecule has 0 spiro atoms. The number of rotatable bonds is 5. The lowest BCUT2D eigenvalue weighted by atomic mass is 9.88. The first kappa shape index (κ1) is 15.3. The molecular weight excluding hydrogens is 234 g/mol. The zero-order valence-electron chi connectivity index (χ0n) is 13.2. The number of hydrogen-bond acceptors (Lipinski definition) is 3. The summed E-state index contributed by atoms with van der Waals surface area (Å²) in [5.74, 6) is 0. The quantitative estimate of drug-likeness (QED) is 0.825. The highest BCUT2D eigenvalue weighted by Crippen LogP contribution is 2.24. The van der Waals surface area contributed by atoms with Crippen molar-refractivity contribution in [2.24, 2.45) is 0 Å². The summed E-state index contributed by atoms with van der Waals surface area (Å²) < 4.78 is 0. The predicted molar refractivity (Wildman–Crippen MR) is 82.6 cm³/mol. The van der Waals surface area contributed by atoms with Gasteiger partial charge in [-0.3, -0.25) is 9.80 Å². The van der Waals surface area contributed by atoms with Crippen molar-refractivity contribution in [3.63, 3.8) is 0 Å². The molecule has 112 valence electrons. The summed E-state index contributed by atoms with van der Waals surface area (Å²) in [7, 11) is 0. The van der Waals surface area contributed by atoms with Gasteiger partial charge in [-0.15, -0.1) is 0 Å². The molecule has 2 aliphatic rings. The van der Waals surface area contributed by atoms with E-state index in [1.165, 1.54) is 64.8 Å². The SMILES string of the molecule is CCCNC1CCCCC1N1CCN(C(C)C)CC1. The Hall–Kier alpha value is -0.120. The van der Waals surface area contributed by atoms with E-state index in [-0.39, 0.29) is 0 Å². The van der Waals surface area contributed by atoms with Gasteiger partial charge in [0.15, 0.2) is 0 Å². The van der Waals surface area contributed by atoms with Crippen molar-refractivity contribution in [2.45, 2.75) is 71.0 Å². The molecule has 1 saturated heterocycles. The average Bonchev–Trinajstić information content (AvgIpc) is 2.45. The first-order valence-electron chi connectivity index (χ1n) is 8.44. The summed E-state index contributed by atoms with van der Waals surface area (Å²) in [6.07, 6.45) is 6.89. The van der Waals surface area contributed by atoms with Gasteiger partial charge in [0.1, 0.15) is 0 Å². The van der Waals surface area contributed by atoms with Crippen LogP contribution >= 0.6 is 0 Å². The molecule has 1 aliphatic heterocycles. The number of nitrogens with one attached hydrogen (secondary N) is 1. The molecule has 3 nitrogen and oxygen atoms in total. The van der Waals surface area contributed by atoms with Crippen LogP contribution in [0, 0.1) is 0 Å². The van der Waals surface area contributed by atoms with E-state index >= 15 is 0 Å². The maximum absolute atomic E-state index is 3.80. The molecule has 0 aromatic rings. The van der Waals surface area contributed by atoms with E-state index in [9.17, 15) is 0 Å². The van der Waals surface area contributed by atoms with Gasteiger partial charge >= 0.3 is 0 Å². The third kappa shape index (κ3) is 4.17. The van der Waals surface area contributed by atoms with Gasteiger partial charge in [0.25, 0.3) is 0 Å². The molecule has 2 rings (SSSR count). The highest BCUT2D eigenvalue weighted by atomic mass is 15.3. The van der Waals surface area contributed by atoms with Crippen LogP contribution in [0.1, 0.15) is 52.9 Å². The summed E-state index contributed by atoms with van der Waals surface area (Å²) in [5.41, 5.74) is 0. The van der Waals surface area contributed by atoms with Crippen LogP contribution in [-0.2, 0) is 0 Å². The minimum Gasteiger partial charge on any atom is -0.312 e. The van der Waals surface area contributed by atoms with E-state index in [4.69, 9.17) is 0 Å². The van der Waals surface area contributed by atoms with Crippen molar-refractivity contribution in [1.29, 1.82) is 0 Å². The normalized spacial score (nSPS) is 30.9. The Labute approximate surface area is 119 Å². The van der Waals surface area contributed by atoms with Gasteiger partial charge in [0, 0.05) is 44.3 Å². The van der Waals surface area contributed by atoms with Crippen LogP contribution in [0.15, 0.2) is 0 Å².